The fraction of sp³-hybridized carbons (Fsp3) is 0.154. The predicted molar refractivity (Wildman–Crippen MR) is 66.4 cm³/mol. The second-order valence-electron chi connectivity index (χ2n) is 3.74. The minimum Gasteiger partial charge on any atom is -0.494 e. The van der Waals surface area contributed by atoms with Gasteiger partial charge in [0.2, 0.25) is 0 Å². The van der Waals surface area contributed by atoms with Crippen molar-refractivity contribution >= 4 is 0 Å². The van der Waals surface area contributed by atoms with E-state index in [-0.39, 0.29) is 5.75 Å². The Labute approximate surface area is 105 Å². The molecule has 1 unspecified atom stereocenters. The van der Waals surface area contributed by atoms with Crippen molar-refractivity contribution in [1.29, 1.82) is 0 Å². The topological polar surface area (TPSA) is 60.2 Å². The molecule has 0 bridgehead atoms. The molecule has 0 aliphatic heterocycles. The second-order valence-corrected chi connectivity index (χ2v) is 3.74. The number of nitrogens with zero attached hydrogens (tertiary/aromatic N) is 1. The lowest BCUT2D eigenvalue weighted by molar-refractivity contribution is 0.381. The molecule has 5 heteroatoms. The van der Waals surface area contributed by atoms with Crippen LogP contribution in [0.5, 0.6) is 5.75 Å². The minimum absolute atomic E-state index is 0.196. The van der Waals surface area contributed by atoms with Crippen molar-refractivity contribution < 1.29 is 9.13 Å². The first-order chi connectivity index (χ1) is 8.77. The highest BCUT2D eigenvalue weighted by molar-refractivity contribution is 5.37. The molecule has 94 valence electrons. The summed E-state index contributed by atoms with van der Waals surface area (Å²) in [5.41, 5.74) is 3.87. The number of ether oxygens (including phenoxy) is 1. The second kappa shape index (κ2) is 5.57. The number of halogens is 1. The van der Waals surface area contributed by atoms with Crippen molar-refractivity contribution in [2.45, 2.75) is 6.04 Å². The molecule has 0 aliphatic rings. The molecule has 0 saturated carbocycles. The number of nitrogens with two attached hydrogens (primary N) is 1. The third kappa shape index (κ3) is 2.32. The van der Waals surface area contributed by atoms with Crippen molar-refractivity contribution in [2.24, 2.45) is 5.84 Å². The van der Waals surface area contributed by atoms with Crippen LogP contribution in [0, 0.1) is 5.82 Å². The molecule has 1 aromatic carbocycles. The third-order valence-corrected chi connectivity index (χ3v) is 2.73. The molecule has 3 N–H and O–H groups in total. The van der Waals surface area contributed by atoms with E-state index < -0.39 is 11.9 Å². The van der Waals surface area contributed by atoms with E-state index in [0.29, 0.717) is 5.56 Å². The minimum atomic E-state index is -0.442. The van der Waals surface area contributed by atoms with Gasteiger partial charge >= 0.3 is 0 Å². The van der Waals surface area contributed by atoms with E-state index in [9.17, 15) is 4.39 Å². The van der Waals surface area contributed by atoms with E-state index in [2.05, 4.69) is 10.4 Å². The molecule has 0 amide bonds. The van der Waals surface area contributed by atoms with Gasteiger partial charge in [0, 0.05) is 18.0 Å². The Hall–Kier alpha value is -1.98. The first kappa shape index (κ1) is 12.5. The van der Waals surface area contributed by atoms with Crippen molar-refractivity contribution in [3.05, 3.63) is 59.7 Å². The van der Waals surface area contributed by atoms with E-state index >= 15 is 0 Å². The number of nitrogens with one attached hydrogen (secondary N) is 1. The molecular formula is C13H14FN3O. The number of methoxy groups -OCH3 is 1. The fourth-order valence-corrected chi connectivity index (χ4v) is 1.83. The average molecular weight is 247 g/mol. The van der Waals surface area contributed by atoms with Gasteiger partial charge in [-0.2, -0.15) is 0 Å². The van der Waals surface area contributed by atoms with Gasteiger partial charge < -0.3 is 4.74 Å². The van der Waals surface area contributed by atoms with Gasteiger partial charge in [-0.25, -0.2) is 9.82 Å². The Morgan fingerprint density at radius 3 is 2.61 bits per heavy atom. The Bertz CT molecular complexity index is 519. The summed E-state index contributed by atoms with van der Waals surface area (Å²) >= 11 is 0. The third-order valence-electron chi connectivity index (χ3n) is 2.73. The standard InChI is InChI=1S/C13H14FN3O/c1-18-11-4-2-3-10(12(11)14)13(17-15)9-5-7-16-8-6-9/h2-8,13,17H,15H2,1H3. The summed E-state index contributed by atoms with van der Waals surface area (Å²) in [7, 11) is 1.43. The van der Waals surface area contributed by atoms with E-state index in [1.165, 1.54) is 7.11 Å². The summed E-state index contributed by atoms with van der Waals surface area (Å²) < 4.78 is 19.1. The van der Waals surface area contributed by atoms with E-state index in [1.807, 2.05) is 0 Å². The van der Waals surface area contributed by atoms with Crippen LogP contribution < -0.4 is 16.0 Å². The summed E-state index contributed by atoms with van der Waals surface area (Å²) in [6.07, 6.45) is 3.27. The van der Waals surface area contributed by atoms with Gasteiger partial charge in [-0.05, 0) is 23.8 Å². The lowest BCUT2D eigenvalue weighted by Crippen LogP contribution is -2.29. The van der Waals surface area contributed by atoms with Gasteiger partial charge in [0.05, 0.1) is 13.2 Å². The van der Waals surface area contributed by atoms with Crippen LogP contribution in [0.3, 0.4) is 0 Å². The van der Waals surface area contributed by atoms with Crippen LogP contribution >= 0.6 is 0 Å². The normalized spacial score (nSPS) is 12.2. The zero-order valence-corrected chi connectivity index (χ0v) is 9.93. The smallest absolute Gasteiger partial charge is 0.170 e. The Balaban J connectivity index is 2.46. The lowest BCUT2D eigenvalue weighted by Gasteiger charge is -2.18. The van der Waals surface area contributed by atoms with Crippen molar-refractivity contribution in [1.82, 2.24) is 10.4 Å². The molecular weight excluding hydrogens is 233 g/mol. The zero-order valence-electron chi connectivity index (χ0n) is 9.93. The van der Waals surface area contributed by atoms with Gasteiger partial charge in [0.15, 0.2) is 11.6 Å². The number of rotatable bonds is 4. The predicted octanol–water partition coefficient (Wildman–Crippen LogP) is 1.78. The highest BCUT2D eigenvalue weighted by Gasteiger charge is 2.18. The summed E-state index contributed by atoms with van der Waals surface area (Å²) in [4.78, 5) is 3.92. The van der Waals surface area contributed by atoms with Gasteiger partial charge in [0.25, 0.3) is 0 Å². The SMILES string of the molecule is COc1cccc(C(NN)c2ccncc2)c1F. The molecule has 0 fully saturated rings. The highest BCUT2D eigenvalue weighted by atomic mass is 19.1. The maximum Gasteiger partial charge on any atom is 0.170 e. The molecule has 1 heterocycles. The fourth-order valence-electron chi connectivity index (χ4n) is 1.83. The van der Waals surface area contributed by atoms with Crippen LogP contribution in [0.2, 0.25) is 0 Å². The first-order valence-electron chi connectivity index (χ1n) is 5.46. The average Bonchev–Trinajstić information content (AvgIpc) is 2.43. The molecule has 4 nitrogen and oxygen atoms in total. The molecule has 0 aliphatic carbocycles. The van der Waals surface area contributed by atoms with Crippen LogP contribution in [-0.4, -0.2) is 12.1 Å². The maximum atomic E-state index is 14.2. The van der Waals surface area contributed by atoms with Gasteiger partial charge in [-0.1, -0.05) is 12.1 Å². The van der Waals surface area contributed by atoms with Gasteiger partial charge in [-0.15, -0.1) is 0 Å². The monoisotopic (exact) mass is 247 g/mol. The van der Waals surface area contributed by atoms with Crippen LogP contribution in [0.25, 0.3) is 0 Å². The number of hydrazine groups is 1. The Morgan fingerprint density at radius 2 is 2.00 bits per heavy atom. The molecule has 18 heavy (non-hydrogen) atoms. The summed E-state index contributed by atoms with van der Waals surface area (Å²) in [5, 5.41) is 0. The van der Waals surface area contributed by atoms with E-state index in [0.717, 1.165) is 5.56 Å². The van der Waals surface area contributed by atoms with E-state index in [4.69, 9.17) is 10.6 Å². The Kier molecular flexibility index (Phi) is 3.86. The highest BCUT2D eigenvalue weighted by Crippen LogP contribution is 2.28. The summed E-state index contributed by atoms with van der Waals surface area (Å²) in [6, 6.07) is 8.08. The largest absolute Gasteiger partial charge is 0.494 e. The van der Waals surface area contributed by atoms with Gasteiger partial charge in [-0.3, -0.25) is 10.8 Å². The van der Waals surface area contributed by atoms with Gasteiger partial charge in [0.1, 0.15) is 0 Å². The molecule has 0 saturated heterocycles. The van der Waals surface area contributed by atoms with Crippen LogP contribution in [0.1, 0.15) is 17.2 Å². The van der Waals surface area contributed by atoms with Crippen LogP contribution in [0.15, 0.2) is 42.7 Å². The summed E-state index contributed by atoms with van der Waals surface area (Å²) in [5.74, 6) is 5.30. The number of aromatic nitrogens is 1. The van der Waals surface area contributed by atoms with Crippen molar-refractivity contribution in [3.63, 3.8) is 0 Å². The Morgan fingerprint density at radius 1 is 1.28 bits per heavy atom. The number of benzene rings is 1. The molecule has 1 aromatic heterocycles. The molecule has 2 aromatic rings. The summed E-state index contributed by atoms with van der Waals surface area (Å²) in [6.45, 7) is 0. The zero-order chi connectivity index (χ0) is 13.0. The molecule has 2 rings (SSSR count). The number of pyridine rings is 1. The van der Waals surface area contributed by atoms with Crippen molar-refractivity contribution in [2.75, 3.05) is 7.11 Å². The number of hydrogen-bond acceptors (Lipinski definition) is 4. The maximum absolute atomic E-state index is 14.2. The van der Waals surface area contributed by atoms with E-state index in [1.54, 1.807) is 42.7 Å². The molecule has 1 atom stereocenters. The van der Waals surface area contributed by atoms with Crippen LogP contribution in [-0.2, 0) is 0 Å². The number of hydrogen-bond donors (Lipinski definition) is 2. The van der Waals surface area contributed by atoms with Crippen LogP contribution in [0.4, 0.5) is 4.39 Å². The lowest BCUT2D eigenvalue weighted by atomic mass is 9.99. The van der Waals surface area contributed by atoms with Crippen molar-refractivity contribution in [3.8, 4) is 5.75 Å². The first-order valence-corrected chi connectivity index (χ1v) is 5.46. The quantitative estimate of drug-likeness (QED) is 0.638. The molecule has 0 spiro atoms. The molecule has 0 radical (unpaired) electrons.